The maximum absolute atomic E-state index is 5.87. The Morgan fingerprint density at radius 2 is 2.04 bits per heavy atom. The van der Waals surface area contributed by atoms with Gasteiger partial charge in [0.15, 0.2) is 0 Å². The first-order valence-corrected chi connectivity index (χ1v) is 10.5. The maximum Gasteiger partial charge on any atom is 0.225 e. The topological polar surface area (TPSA) is 41.5 Å². The third kappa shape index (κ3) is 4.20. The van der Waals surface area contributed by atoms with Crippen molar-refractivity contribution in [1.82, 2.24) is 14.9 Å². The molecule has 1 unspecified atom stereocenters. The summed E-state index contributed by atoms with van der Waals surface area (Å²) in [5, 5.41) is 0. The Morgan fingerprint density at radius 3 is 2.86 bits per heavy atom. The molecule has 2 heterocycles. The van der Waals surface area contributed by atoms with E-state index < -0.39 is 0 Å². The van der Waals surface area contributed by atoms with Gasteiger partial charge in [0.1, 0.15) is 0 Å². The highest BCUT2D eigenvalue weighted by atomic mass is 16.5. The molecule has 0 saturated carbocycles. The molecule has 1 aliphatic heterocycles. The van der Waals surface area contributed by atoms with Crippen molar-refractivity contribution >= 4 is 5.95 Å². The second-order valence-corrected chi connectivity index (χ2v) is 8.49. The monoisotopic (exact) mass is 380 g/mol. The van der Waals surface area contributed by atoms with E-state index in [0.717, 1.165) is 38.5 Å². The van der Waals surface area contributed by atoms with E-state index in [1.165, 1.54) is 42.6 Å². The van der Waals surface area contributed by atoms with Crippen LogP contribution in [0, 0.1) is 0 Å². The second-order valence-electron chi connectivity index (χ2n) is 8.49. The van der Waals surface area contributed by atoms with Crippen molar-refractivity contribution in [2.24, 2.45) is 0 Å². The fraction of sp³-hybridized carbons (Fsp3) is 0.565. The molecule has 1 saturated heterocycles. The lowest BCUT2D eigenvalue weighted by molar-refractivity contribution is 0.0926. The number of nitrogens with zero attached hydrogens (tertiary/aromatic N) is 4. The van der Waals surface area contributed by atoms with Crippen LogP contribution in [0.2, 0.25) is 0 Å². The number of ether oxygens (including phenoxy) is 1. The van der Waals surface area contributed by atoms with Gasteiger partial charge >= 0.3 is 0 Å². The molecule has 2 aliphatic rings. The molecule has 1 aromatic heterocycles. The van der Waals surface area contributed by atoms with E-state index in [9.17, 15) is 0 Å². The van der Waals surface area contributed by atoms with Crippen LogP contribution in [-0.4, -0.2) is 55.2 Å². The van der Waals surface area contributed by atoms with E-state index >= 15 is 0 Å². The van der Waals surface area contributed by atoms with Crippen molar-refractivity contribution in [3.63, 3.8) is 0 Å². The molecule has 1 spiro atoms. The summed E-state index contributed by atoms with van der Waals surface area (Å²) in [5.74, 6) is 0.839. The first-order chi connectivity index (χ1) is 13.7. The molecule has 0 amide bonds. The summed E-state index contributed by atoms with van der Waals surface area (Å²) < 4.78 is 5.87. The summed E-state index contributed by atoms with van der Waals surface area (Å²) in [5.41, 5.74) is 4.15. The van der Waals surface area contributed by atoms with Crippen LogP contribution in [0.5, 0.6) is 0 Å². The lowest BCUT2D eigenvalue weighted by Gasteiger charge is -2.40. The van der Waals surface area contributed by atoms with Crippen LogP contribution in [0.3, 0.4) is 0 Å². The molecule has 5 heteroatoms. The van der Waals surface area contributed by atoms with E-state index in [-0.39, 0.29) is 5.41 Å². The summed E-state index contributed by atoms with van der Waals surface area (Å²) in [6.45, 7) is 4.96. The van der Waals surface area contributed by atoms with Gasteiger partial charge in [-0.25, -0.2) is 9.97 Å². The van der Waals surface area contributed by atoms with Crippen molar-refractivity contribution in [3.8, 4) is 0 Å². The summed E-state index contributed by atoms with van der Waals surface area (Å²) in [6.07, 6.45) is 7.99. The van der Waals surface area contributed by atoms with E-state index in [1.807, 2.05) is 25.1 Å². The SMILES string of the molecule is CN(C)c1ncc2c(n1)C1(CCCN(CCCOCc3ccccc3)C1)CC2. The van der Waals surface area contributed by atoms with E-state index in [2.05, 4.69) is 40.3 Å². The van der Waals surface area contributed by atoms with Gasteiger partial charge in [-0.3, -0.25) is 0 Å². The molecule has 1 aliphatic carbocycles. The molecule has 5 nitrogen and oxygen atoms in total. The number of anilines is 1. The van der Waals surface area contributed by atoms with Crippen molar-refractivity contribution in [3.05, 3.63) is 53.3 Å². The van der Waals surface area contributed by atoms with Crippen molar-refractivity contribution < 1.29 is 4.74 Å². The number of rotatable bonds is 7. The standard InChI is InChI=1S/C23H32N4O/c1-26(2)22-24-16-20-10-12-23(21(20)25-22)11-6-13-27(18-23)14-7-15-28-17-19-8-4-3-5-9-19/h3-5,8-9,16H,6-7,10-15,17-18H2,1-2H3. The quantitative estimate of drug-likeness (QED) is 0.689. The Bertz CT molecular complexity index is 775. The second kappa shape index (κ2) is 8.58. The Morgan fingerprint density at radius 1 is 1.18 bits per heavy atom. The molecule has 4 rings (SSSR count). The molecule has 1 fully saturated rings. The largest absolute Gasteiger partial charge is 0.377 e. The molecule has 0 bridgehead atoms. The van der Waals surface area contributed by atoms with Crippen LogP contribution in [0.25, 0.3) is 0 Å². The highest BCUT2D eigenvalue weighted by molar-refractivity contribution is 5.39. The molecule has 1 aromatic carbocycles. The number of hydrogen-bond acceptors (Lipinski definition) is 5. The molecule has 2 aromatic rings. The minimum atomic E-state index is 0.228. The zero-order valence-corrected chi connectivity index (χ0v) is 17.2. The van der Waals surface area contributed by atoms with Crippen molar-refractivity contribution in [1.29, 1.82) is 0 Å². The Kier molecular flexibility index (Phi) is 5.93. The molecule has 0 N–H and O–H groups in total. The van der Waals surface area contributed by atoms with Crippen LogP contribution in [-0.2, 0) is 23.2 Å². The third-order valence-corrected chi connectivity index (χ3v) is 6.16. The summed E-state index contributed by atoms with van der Waals surface area (Å²) >= 11 is 0. The lowest BCUT2D eigenvalue weighted by atomic mass is 9.77. The fourth-order valence-corrected chi connectivity index (χ4v) is 4.72. The van der Waals surface area contributed by atoms with Gasteiger partial charge in [-0.15, -0.1) is 0 Å². The van der Waals surface area contributed by atoms with Crippen molar-refractivity contribution in [2.45, 2.75) is 44.1 Å². The van der Waals surface area contributed by atoms with Gasteiger partial charge in [0.25, 0.3) is 0 Å². The first-order valence-electron chi connectivity index (χ1n) is 10.5. The zero-order valence-electron chi connectivity index (χ0n) is 17.2. The first kappa shape index (κ1) is 19.3. The van der Waals surface area contributed by atoms with Gasteiger partial charge in [0.2, 0.25) is 5.95 Å². The average molecular weight is 381 g/mol. The summed E-state index contributed by atoms with van der Waals surface area (Å²) in [6, 6.07) is 10.4. The lowest BCUT2D eigenvalue weighted by Crippen LogP contribution is -2.45. The molecule has 1 atom stereocenters. The van der Waals surface area contributed by atoms with Gasteiger partial charge in [0, 0.05) is 45.4 Å². The summed E-state index contributed by atoms with van der Waals surface area (Å²) in [7, 11) is 4.04. The van der Waals surface area contributed by atoms with E-state index in [4.69, 9.17) is 9.72 Å². The van der Waals surface area contributed by atoms with Gasteiger partial charge in [0.05, 0.1) is 12.3 Å². The number of aromatic nitrogens is 2. The van der Waals surface area contributed by atoms with E-state index in [0.29, 0.717) is 6.61 Å². The number of fused-ring (bicyclic) bond motifs is 2. The van der Waals surface area contributed by atoms with Crippen molar-refractivity contribution in [2.75, 3.05) is 45.2 Å². The van der Waals surface area contributed by atoms with Crippen LogP contribution < -0.4 is 4.90 Å². The van der Waals surface area contributed by atoms with Gasteiger partial charge in [-0.05, 0) is 49.8 Å². The molecular formula is C23H32N4O. The number of aryl methyl sites for hydroxylation is 1. The molecule has 28 heavy (non-hydrogen) atoms. The summed E-state index contributed by atoms with van der Waals surface area (Å²) in [4.78, 5) is 14.1. The number of piperidine rings is 1. The van der Waals surface area contributed by atoms with Gasteiger partial charge < -0.3 is 14.5 Å². The minimum absolute atomic E-state index is 0.228. The number of benzene rings is 1. The molecular weight excluding hydrogens is 348 g/mol. The third-order valence-electron chi connectivity index (χ3n) is 6.16. The molecule has 150 valence electrons. The predicted octanol–water partition coefficient (Wildman–Crippen LogP) is 3.43. The van der Waals surface area contributed by atoms with E-state index in [1.54, 1.807) is 0 Å². The van der Waals surface area contributed by atoms with Crippen LogP contribution in [0.4, 0.5) is 5.95 Å². The normalized spacial score (nSPS) is 21.8. The highest BCUT2D eigenvalue weighted by Gasteiger charge is 2.43. The van der Waals surface area contributed by atoms with Crippen LogP contribution in [0.15, 0.2) is 36.5 Å². The minimum Gasteiger partial charge on any atom is -0.377 e. The van der Waals surface area contributed by atoms with Crippen LogP contribution in [0.1, 0.15) is 42.5 Å². The number of hydrogen-bond donors (Lipinski definition) is 0. The average Bonchev–Trinajstić information content (AvgIpc) is 3.06. The van der Waals surface area contributed by atoms with Crippen LogP contribution >= 0.6 is 0 Å². The van der Waals surface area contributed by atoms with Gasteiger partial charge in [-0.2, -0.15) is 0 Å². The zero-order chi connectivity index (χ0) is 19.4. The van der Waals surface area contributed by atoms with Gasteiger partial charge in [-0.1, -0.05) is 30.3 Å². The maximum atomic E-state index is 5.87. The number of likely N-dealkylation sites (tertiary alicyclic amines) is 1. The predicted molar refractivity (Wildman–Crippen MR) is 113 cm³/mol. The fourth-order valence-electron chi connectivity index (χ4n) is 4.72. The Hall–Kier alpha value is -1.98. The smallest absolute Gasteiger partial charge is 0.225 e. The highest BCUT2D eigenvalue weighted by Crippen LogP contribution is 2.44. The Labute approximate surface area is 168 Å². The molecule has 0 radical (unpaired) electrons. The Balaban J connectivity index is 1.31.